The van der Waals surface area contributed by atoms with Gasteiger partial charge in [0, 0.05) is 6.42 Å². The molecule has 0 aliphatic carbocycles. The first-order valence-corrected chi connectivity index (χ1v) is 4.93. The lowest BCUT2D eigenvalue weighted by atomic mass is 10.3. The summed E-state index contributed by atoms with van der Waals surface area (Å²) < 4.78 is 14.7. The topological polar surface area (TPSA) is 110 Å². The lowest BCUT2D eigenvalue weighted by Crippen LogP contribution is -2.21. The van der Waals surface area contributed by atoms with Gasteiger partial charge in [0.15, 0.2) is 0 Å². The summed E-state index contributed by atoms with van der Waals surface area (Å²) in [6, 6.07) is 0. The number of ether oxygens (including phenoxy) is 1. The number of nitrogens with two attached hydrogens (primary N) is 1. The minimum absolute atomic E-state index is 0.0725. The van der Waals surface area contributed by atoms with Gasteiger partial charge in [-0.1, -0.05) is 0 Å². The molecule has 0 rings (SSSR count). The zero-order valence-electron chi connectivity index (χ0n) is 6.64. The van der Waals surface area contributed by atoms with Gasteiger partial charge < -0.3 is 20.3 Å². The van der Waals surface area contributed by atoms with Crippen LogP contribution in [0, 0.1) is 0 Å². The van der Waals surface area contributed by atoms with Crippen LogP contribution in [0.1, 0.15) is 12.8 Å². The van der Waals surface area contributed by atoms with Gasteiger partial charge >= 0.3 is 13.6 Å². The highest BCUT2D eigenvalue weighted by Gasteiger charge is 2.24. The first kappa shape index (κ1) is 11.6. The molecule has 0 amide bonds. The van der Waals surface area contributed by atoms with E-state index in [0.717, 1.165) is 0 Å². The van der Waals surface area contributed by atoms with Gasteiger partial charge in [0.2, 0.25) is 0 Å². The number of hydrogen-bond donors (Lipinski definition) is 3. The molecule has 1 unspecified atom stereocenters. The maximum absolute atomic E-state index is 10.5. The van der Waals surface area contributed by atoms with Gasteiger partial charge in [-0.2, -0.15) is 0 Å². The molecule has 0 spiro atoms. The Morgan fingerprint density at radius 1 is 1.67 bits per heavy atom. The van der Waals surface area contributed by atoms with Crippen LogP contribution in [-0.2, 0) is 14.1 Å². The van der Waals surface area contributed by atoms with Gasteiger partial charge in [-0.15, -0.1) is 0 Å². The molecule has 1 atom stereocenters. The third-order valence-corrected chi connectivity index (χ3v) is 2.43. The second kappa shape index (κ2) is 4.57. The van der Waals surface area contributed by atoms with E-state index in [9.17, 15) is 9.36 Å². The van der Waals surface area contributed by atoms with Gasteiger partial charge in [0.1, 0.15) is 5.78 Å². The summed E-state index contributed by atoms with van der Waals surface area (Å²) >= 11 is 0. The maximum Gasteiger partial charge on any atom is 0.342 e. The zero-order valence-corrected chi connectivity index (χ0v) is 7.53. The van der Waals surface area contributed by atoms with E-state index < -0.39 is 19.3 Å². The van der Waals surface area contributed by atoms with E-state index in [-0.39, 0.29) is 12.8 Å². The van der Waals surface area contributed by atoms with E-state index in [1.54, 1.807) is 0 Å². The van der Waals surface area contributed by atoms with Gasteiger partial charge in [-0.3, -0.25) is 9.36 Å². The number of hydrogen-bond acceptors (Lipinski definition) is 4. The SMILES string of the molecule is COC(=O)CCC(N)P(=O)(O)O. The van der Waals surface area contributed by atoms with E-state index >= 15 is 0 Å². The molecule has 12 heavy (non-hydrogen) atoms. The normalized spacial score (nSPS) is 14.0. The van der Waals surface area contributed by atoms with Crippen molar-refractivity contribution < 1.29 is 23.9 Å². The molecule has 6 nitrogen and oxygen atoms in total. The van der Waals surface area contributed by atoms with E-state index in [1.807, 2.05) is 0 Å². The number of rotatable bonds is 4. The molecule has 0 bridgehead atoms. The van der Waals surface area contributed by atoms with Gasteiger partial charge in [-0.05, 0) is 6.42 Å². The van der Waals surface area contributed by atoms with Crippen LogP contribution in [0.2, 0.25) is 0 Å². The molecule has 7 heteroatoms. The smallest absolute Gasteiger partial charge is 0.342 e. The Balaban J connectivity index is 3.80. The Hall–Kier alpha value is -0.420. The van der Waals surface area contributed by atoms with E-state index in [2.05, 4.69) is 4.74 Å². The highest BCUT2D eigenvalue weighted by molar-refractivity contribution is 7.52. The fraction of sp³-hybridized carbons (Fsp3) is 0.800. The van der Waals surface area contributed by atoms with Crippen molar-refractivity contribution in [3.05, 3.63) is 0 Å². The molecule has 0 aromatic heterocycles. The Morgan fingerprint density at radius 2 is 2.17 bits per heavy atom. The number of carbonyl (C=O) groups is 1. The van der Waals surface area contributed by atoms with E-state index in [1.165, 1.54) is 7.11 Å². The molecule has 0 saturated heterocycles. The Labute approximate surface area is 69.9 Å². The van der Waals surface area contributed by atoms with Gasteiger partial charge in [0.25, 0.3) is 0 Å². The fourth-order valence-corrected chi connectivity index (χ4v) is 1.00. The third-order valence-electron chi connectivity index (χ3n) is 1.30. The van der Waals surface area contributed by atoms with Crippen molar-refractivity contribution in [1.29, 1.82) is 0 Å². The molecule has 0 heterocycles. The molecular weight excluding hydrogens is 185 g/mol. The van der Waals surface area contributed by atoms with Crippen molar-refractivity contribution in [2.24, 2.45) is 5.73 Å². The first-order chi connectivity index (χ1) is 5.38. The summed E-state index contributed by atoms with van der Waals surface area (Å²) in [6.07, 6.45) is -0.153. The summed E-state index contributed by atoms with van der Waals surface area (Å²) in [4.78, 5) is 27.5. The van der Waals surface area contributed by atoms with Crippen molar-refractivity contribution >= 4 is 13.6 Å². The number of methoxy groups -OCH3 is 1. The first-order valence-electron chi connectivity index (χ1n) is 3.25. The van der Waals surface area contributed by atoms with Crippen LogP contribution in [0.15, 0.2) is 0 Å². The van der Waals surface area contributed by atoms with Crippen LogP contribution >= 0.6 is 7.60 Å². The summed E-state index contributed by atoms with van der Waals surface area (Å²) in [5, 5.41) is 0. The summed E-state index contributed by atoms with van der Waals surface area (Å²) in [6.45, 7) is 0. The molecule has 0 aliphatic rings. The average Bonchev–Trinajstić information content (AvgIpc) is 1.97. The number of esters is 1. The van der Waals surface area contributed by atoms with E-state index in [0.29, 0.717) is 0 Å². The van der Waals surface area contributed by atoms with Crippen molar-refractivity contribution in [3.63, 3.8) is 0 Å². The predicted molar refractivity (Wildman–Crippen MR) is 41.3 cm³/mol. The van der Waals surface area contributed by atoms with Crippen LogP contribution in [0.5, 0.6) is 0 Å². The molecule has 72 valence electrons. The summed E-state index contributed by atoms with van der Waals surface area (Å²) in [5.41, 5.74) is 5.08. The van der Waals surface area contributed by atoms with Gasteiger partial charge in [0.05, 0.1) is 7.11 Å². The van der Waals surface area contributed by atoms with Crippen LogP contribution in [-0.4, -0.2) is 28.6 Å². The minimum atomic E-state index is -4.25. The Bertz CT molecular complexity index is 200. The highest BCUT2D eigenvalue weighted by Crippen LogP contribution is 2.40. The van der Waals surface area contributed by atoms with Gasteiger partial charge in [-0.25, -0.2) is 0 Å². The van der Waals surface area contributed by atoms with Crippen LogP contribution in [0.4, 0.5) is 0 Å². The molecule has 0 aliphatic heterocycles. The van der Waals surface area contributed by atoms with Crippen LogP contribution in [0.25, 0.3) is 0 Å². The maximum atomic E-state index is 10.5. The molecule has 0 radical (unpaired) electrons. The highest BCUT2D eigenvalue weighted by atomic mass is 31.2. The Morgan fingerprint density at radius 3 is 2.50 bits per heavy atom. The van der Waals surface area contributed by atoms with Crippen LogP contribution in [0.3, 0.4) is 0 Å². The lowest BCUT2D eigenvalue weighted by Gasteiger charge is -2.11. The summed E-state index contributed by atoms with van der Waals surface area (Å²) in [5.74, 6) is -1.81. The third kappa shape index (κ3) is 4.46. The predicted octanol–water partition coefficient (Wildman–Crippen LogP) is -0.598. The average molecular weight is 197 g/mol. The molecule has 0 fully saturated rings. The standard InChI is InChI=1S/C5H12NO5P/c1-11-5(7)3-2-4(6)12(8,9)10/h4H,2-3,6H2,1H3,(H2,8,9,10). The van der Waals surface area contributed by atoms with Crippen molar-refractivity contribution in [2.75, 3.05) is 7.11 Å². The number of carbonyl (C=O) groups excluding carboxylic acids is 1. The largest absolute Gasteiger partial charge is 0.469 e. The molecule has 0 aromatic carbocycles. The molecular formula is C5H12NO5P. The van der Waals surface area contributed by atoms with Crippen molar-refractivity contribution in [2.45, 2.75) is 18.6 Å². The second-order valence-corrected chi connectivity index (χ2v) is 4.11. The van der Waals surface area contributed by atoms with E-state index in [4.69, 9.17) is 15.5 Å². The molecule has 0 saturated carbocycles. The summed E-state index contributed by atoms with van der Waals surface area (Å²) in [7, 11) is -3.05. The zero-order chi connectivity index (χ0) is 9.78. The Kier molecular flexibility index (Phi) is 4.41. The quantitative estimate of drug-likeness (QED) is 0.410. The van der Waals surface area contributed by atoms with Crippen molar-refractivity contribution in [1.82, 2.24) is 0 Å². The second-order valence-electron chi connectivity index (χ2n) is 2.27. The molecule has 4 N–H and O–H groups in total. The lowest BCUT2D eigenvalue weighted by molar-refractivity contribution is -0.140. The monoisotopic (exact) mass is 197 g/mol. The van der Waals surface area contributed by atoms with Crippen LogP contribution < -0.4 is 5.73 Å². The molecule has 0 aromatic rings. The van der Waals surface area contributed by atoms with Crippen molar-refractivity contribution in [3.8, 4) is 0 Å². The minimum Gasteiger partial charge on any atom is -0.469 e. The fourth-order valence-electron chi connectivity index (χ4n) is 0.536.